The molecular weight excluding hydrogens is 446 g/mol. The highest BCUT2D eigenvalue weighted by Gasteiger charge is 2.28. The minimum absolute atomic E-state index is 0.164. The van der Waals surface area contributed by atoms with Crippen LogP contribution in [-0.4, -0.2) is 57.5 Å². The first-order valence-corrected chi connectivity index (χ1v) is 11.1. The van der Waals surface area contributed by atoms with Crippen molar-refractivity contribution in [3.8, 4) is 28.6 Å². The molecule has 1 atom stereocenters. The number of rotatable bonds is 6. The molecule has 0 spiro atoms. The zero-order valence-corrected chi connectivity index (χ0v) is 19.1. The zero-order chi connectivity index (χ0) is 24.0. The number of carbonyl (C=O) groups is 1. The van der Waals surface area contributed by atoms with Crippen molar-refractivity contribution < 1.29 is 19.0 Å². The summed E-state index contributed by atoms with van der Waals surface area (Å²) in [4.78, 5) is 32.2. The third-order valence-corrected chi connectivity index (χ3v) is 5.54. The molecule has 0 aliphatic carbocycles. The molecule has 1 aliphatic rings. The maximum Gasteiger partial charge on any atom is 0.272 e. The van der Waals surface area contributed by atoms with Crippen LogP contribution in [0.5, 0.6) is 17.4 Å². The first-order chi connectivity index (χ1) is 17.2. The summed E-state index contributed by atoms with van der Waals surface area (Å²) >= 11 is 0. The van der Waals surface area contributed by atoms with Crippen LogP contribution in [0.25, 0.3) is 11.3 Å². The molecular formula is C26H23N5O4. The van der Waals surface area contributed by atoms with Crippen molar-refractivity contribution in [1.82, 2.24) is 24.8 Å². The molecule has 9 heteroatoms. The summed E-state index contributed by atoms with van der Waals surface area (Å²) in [6, 6.07) is 18.1. The SMILES string of the molecule is COc1ccc(Oc2cccc([C@H]3CN(C(=O)c4cccc(-c5cncnc5)n4)CCO3)n2)cc1. The summed E-state index contributed by atoms with van der Waals surface area (Å²) in [6.07, 6.45) is 4.41. The Morgan fingerprint density at radius 3 is 2.54 bits per heavy atom. The molecule has 1 aliphatic heterocycles. The molecule has 4 aromatic rings. The van der Waals surface area contributed by atoms with Crippen molar-refractivity contribution in [2.75, 3.05) is 26.8 Å². The van der Waals surface area contributed by atoms with Crippen LogP contribution in [0.2, 0.25) is 0 Å². The average Bonchev–Trinajstić information content (AvgIpc) is 2.94. The Labute approximate surface area is 202 Å². The quantitative estimate of drug-likeness (QED) is 0.419. The van der Waals surface area contributed by atoms with E-state index in [4.69, 9.17) is 14.2 Å². The van der Waals surface area contributed by atoms with E-state index in [1.807, 2.05) is 48.5 Å². The van der Waals surface area contributed by atoms with Crippen molar-refractivity contribution in [1.29, 1.82) is 0 Å². The van der Waals surface area contributed by atoms with Crippen LogP contribution in [-0.2, 0) is 4.74 Å². The number of hydrogen-bond acceptors (Lipinski definition) is 8. The van der Waals surface area contributed by atoms with E-state index in [-0.39, 0.29) is 12.0 Å². The van der Waals surface area contributed by atoms with Crippen LogP contribution in [0.1, 0.15) is 22.3 Å². The molecule has 1 saturated heterocycles. The second-order valence-electron chi connectivity index (χ2n) is 7.82. The average molecular weight is 470 g/mol. The van der Waals surface area contributed by atoms with Gasteiger partial charge in [0.1, 0.15) is 29.6 Å². The van der Waals surface area contributed by atoms with Crippen LogP contribution < -0.4 is 9.47 Å². The Morgan fingerprint density at radius 1 is 0.971 bits per heavy atom. The summed E-state index contributed by atoms with van der Waals surface area (Å²) in [5.41, 5.74) is 2.44. The monoisotopic (exact) mass is 469 g/mol. The van der Waals surface area contributed by atoms with Gasteiger partial charge in [-0.25, -0.2) is 19.9 Å². The van der Waals surface area contributed by atoms with E-state index in [2.05, 4.69) is 19.9 Å². The van der Waals surface area contributed by atoms with E-state index < -0.39 is 0 Å². The maximum absolute atomic E-state index is 13.2. The van der Waals surface area contributed by atoms with Gasteiger partial charge in [-0.3, -0.25) is 4.79 Å². The largest absolute Gasteiger partial charge is 0.497 e. The van der Waals surface area contributed by atoms with Gasteiger partial charge in [0.2, 0.25) is 5.88 Å². The fourth-order valence-electron chi connectivity index (χ4n) is 3.75. The molecule has 5 rings (SSSR count). The summed E-state index contributed by atoms with van der Waals surface area (Å²) < 4.78 is 17.0. The Morgan fingerprint density at radius 2 is 1.74 bits per heavy atom. The van der Waals surface area contributed by atoms with Gasteiger partial charge in [-0.2, -0.15) is 0 Å². The molecule has 0 bridgehead atoms. The Kier molecular flexibility index (Phi) is 6.58. The van der Waals surface area contributed by atoms with Crippen molar-refractivity contribution in [3.63, 3.8) is 0 Å². The highest BCUT2D eigenvalue weighted by Crippen LogP contribution is 2.27. The molecule has 176 valence electrons. The number of morpholine rings is 1. The summed E-state index contributed by atoms with van der Waals surface area (Å²) in [5, 5.41) is 0. The van der Waals surface area contributed by atoms with Gasteiger partial charge in [0.05, 0.1) is 31.6 Å². The second-order valence-corrected chi connectivity index (χ2v) is 7.82. The van der Waals surface area contributed by atoms with Crippen LogP contribution in [0.4, 0.5) is 0 Å². The predicted molar refractivity (Wildman–Crippen MR) is 127 cm³/mol. The molecule has 1 fully saturated rings. The van der Waals surface area contributed by atoms with Crippen molar-refractivity contribution >= 4 is 5.91 Å². The Bertz CT molecular complexity index is 1300. The number of ether oxygens (including phenoxy) is 3. The standard InChI is InChI=1S/C26H23N5O4/c1-33-19-8-10-20(11-9-19)35-25-7-3-5-22(30-25)24-16-31(12-13-34-24)26(32)23-6-2-4-21(29-23)18-14-27-17-28-15-18/h2-11,14-15,17,24H,12-13,16H2,1H3/t24-/m1/s1. The molecule has 4 heterocycles. The number of methoxy groups -OCH3 is 1. The third-order valence-electron chi connectivity index (χ3n) is 5.54. The lowest BCUT2D eigenvalue weighted by atomic mass is 10.1. The molecule has 0 N–H and O–H groups in total. The van der Waals surface area contributed by atoms with Gasteiger partial charge >= 0.3 is 0 Å². The van der Waals surface area contributed by atoms with E-state index in [0.29, 0.717) is 48.4 Å². The highest BCUT2D eigenvalue weighted by atomic mass is 16.5. The van der Waals surface area contributed by atoms with Gasteiger partial charge in [-0.1, -0.05) is 12.1 Å². The summed E-state index contributed by atoms with van der Waals surface area (Å²) in [6.45, 7) is 1.23. The van der Waals surface area contributed by atoms with Gasteiger partial charge in [-0.05, 0) is 42.5 Å². The topological polar surface area (TPSA) is 99.6 Å². The van der Waals surface area contributed by atoms with E-state index in [1.165, 1.54) is 6.33 Å². The molecule has 9 nitrogen and oxygen atoms in total. The molecule has 1 amide bonds. The molecule has 0 radical (unpaired) electrons. The van der Waals surface area contributed by atoms with E-state index in [0.717, 1.165) is 11.3 Å². The number of nitrogens with zero attached hydrogens (tertiary/aromatic N) is 5. The van der Waals surface area contributed by atoms with Crippen LogP contribution in [0.15, 0.2) is 79.4 Å². The van der Waals surface area contributed by atoms with Crippen molar-refractivity contribution in [2.45, 2.75) is 6.10 Å². The van der Waals surface area contributed by atoms with Crippen LogP contribution >= 0.6 is 0 Å². The molecule has 1 aromatic carbocycles. The van der Waals surface area contributed by atoms with Gasteiger partial charge in [-0.15, -0.1) is 0 Å². The lowest BCUT2D eigenvalue weighted by Crippen LogP contribution is -2.42. The van der Waals surface area contributed by atoms with Gasteiger partial charge in [0.25, 0.3) is 5.91 Å². The molecule has 0 unspecified atom stereocenters. The van der Waals surface area contributed by atoms with Crippen molar-refractivity contribution in [2.24, 2.45) is 0 Å². The van der Waals surface area contributed by atoms with Gasteiger partial charge in [0, 0.05) is 30.6 Å². The minimum atomic E-state index is -0.377. The second kappa shape index (κ2) is 10.3. The number of pyridine rings is 2. The van der Waals surface area contributed by atoms with Gasteiger partial charge < -0.3 is 19.1 Å². The lowest BCUT2D eigenvalue weighted by molar-refractivity contribution is -0.0250. The lowest BCUT2D eigenvalue weighted by Gasteiger charge is -2.32. The predicted octanol–water partition coefficient (Wildman–Crippen LogP) is 3.95. The number of carbonyl (C=O) groups excluding carboxylic acids is 1. The number of amides is 1. The molecule has 3 aromatic heterocycles. The Hall–Kier alpha value is -4.37. The van der Waals surface area contributed by atoms with E-state index in [9.17, 15) is 4.79 Å². The normalized spacial score (nSPS) is 15.5. The third kappa shape index (κ3) is 5.25. The molecule has 35 heavy (non-hydrogen) atoms. The Balaban J connectivity index is 1.29. The summed E-state index contributed by atoms with van der Waals surface area (Å²) in [7, 11) is 1.62. The number of benzene rings is 1. The fourth-order valence-corrected chi connectivity index (χ4v) is 3.75. The molecule has 0 saturated carbocycles. The zero-order valence-electron chi connectivity index (χ0n) is 19.1. The van der Waals surface area contributed by atoms with Crippen molar-refractivity contribution in [3.05, 3.63) is 90.8 Å². The number of hydrogen-bond donors (Lipinski definition) is 0. The van der Waals surface area contributed by atoms with Gasteiger partial charge in [0.15, 0.2) is 0 Å². The minimum Gasteiger partial charge on any atom is -0.497 e. The van der Waals surface area contributed by atoms with E-state index in [1.54, 1.807) is 36.5 Å². The fraction of sp³-hybridized carbons (Fsp3) is 0.192. The summed E-state index contributed by atoms with van der Waals surface area (Å²) in [5.74, 6) is 1.67. The number of aromatic nitrogens is 4. The van der Waals surface area contributed by atoms with E-state index >= 15 is 0 Å². The smallest absolute Gasteiger partial charge is 0.272 e. The van der Waals surface area contributed by atoms with Crippen LogP contribution in [0.3, 0.4) is 0 Å². The first kappa shape index (κ1) is 22.4. The maximum atomic E-state index is 13.2. The highest BCUT2D eigenvalue weighted by molar-refractivity contribution is 5.93. The van der Waals surface area contributed by atoms with Crippen LogP contribution in [0, 0.1) is 0 Å². The first-order valence-electron chi connectivity index (χ1n) is 11.1.